The lowest BCUT2D eigenvalue weighted by molar-refractivity contribution is 0.400. The molecule has 0 unspecified atom stereocenters. The van der Waals surface area contributed by atoms with Gasteiger partial charge in [-0.05, 0) is 19.1 Å². The summed E-state index contributed by atoms with van der Waals surface area (Å²) in [6, 6.07) is 0. The van der Waals surface area contributed by atoms with Crippen molar-refractivity contribution in [3.8, 4) is 0 Å². The van der Waals surface area contributed by atoms with Crippen LogP contribution in [-0.4, -0.2) is 21.0 Å². The molecule has 3 nitrogen and oxygen atoms in total. The van der Waals surface area contributed by atoms with Crippen LogP contribution in [0, 0.1) is 0 Å². The minimum atomic E-state index is 0.650. The predicted octanol–water partition coefficient (Wildman–Crippen LogP) is 1.80. The molecule has 0 atom stereocenters. The molecule has 0 aromatic carbocycles. The monoisotopic (exact) mass is 183 g/mol. The van der Waals surface area contributed by atoms with Gasteiger partial charge in [0.05, 0.1) is 0 Å². The minimum absolute atomic E-state index is 0.650. The third kappa shape index (κ3) is 1.24. The Morgan fingerprint density at radius 2 is 2.25 bits per heavy atom. The summed E-state index contributed by atoms with van der Waals surface area (Å²) in [5.41, 5.74) is 0. The molecule has 12 heavy (non-hydrogen) atoms. The molecule has 66 valence electrons. The largest absolute Gasteiger partial charge is 0.244 e. The average Bonchev–Trinajstić information content (AvgIpc) is 2.27. The van der Waals surface area contributed by atoms with E-state index >= 15 is 0 Å². The first-order valence-electron chi connectivity index (χ1n) is 4.26. The normalized spacial score (nSPS) is 17.8. The Balaban J connectivity index is 2.21. The highest BCUT2D eigenvalue weighted by molar-refractivity contribution is 7.98. The van der Waals surface area contributed by atoms with E-state index in [1.54, 1.807) is 11.8 Å². The molecular weight excluding hydrogens is 170 g/mol. The van der Waals surface area contributed by atoms with Crippen LogP contribution >= 0.6 is 11.8 Å². The topological polar surface area (TPSA) is 30.7 Å². The van der Waals surface area contributed by atoms with Gasteiger partial charge >= 0.3 is 0 Å². The van der Waals surface area contributed by atoms with Crippen LogP contribution < -0.4 is 0 Å². The molecule has 0 spiro atoms. The van der Waals surface area contributed by atoms with Crippen molar-refractivity contribution in [3.63, 3.8) is 0 Å². The van der Waals surface area contributed by atoms with Crippen molar-refractivity contribution in [2.24, 2.45) is 7.05 Å². The fourth-order valence-electron chi connectivity index (χ4n) is 1.41. The molecule has 0 saturated heterocycles. The van der Waals surface area contributed by atoms with E-state index < -0.39 is 0 Å². The fourth-order valence-corrected chi connectivity index (χ4v) is 1.90. The van der Waals surface area contributed by atoms with Crippen LogP contribution in [0.2, 0.25) is 0 Å². The van der Waals surface area contributed by atoms with Crippen LogP contribution in [0.4, 0.5) is 0 Å². The average molecular weight is 183 g/mol. The first-order valence-corrected chi connectivity index (χ1v) is 5.48. The summed E-state index contributed by atoms with van der Waals surface area (Å²) in [6.45, 7) is 0. The zero-order chi connectivity index (χ0) is 8.55. The summed E-state index contributed by atoms with van der Waals surface area (Å²) in [7, 11) is 1.96. The van der Waals surface area contributed by atoms with E-state index in [0.29, 0.717) is 5.92 Å². The molecular formula is C8H13N3S. The molecule has 1 saturated carbocycles. The van der Waals surface area contributed by atoms with Gasteiger partial charge in [0.25, 0.3) is 0 Å². The maximum atomic E-state index is 4.47. The third-order valence-corrected chi connectivity index (χ3v) is 3.11. The summed E-state index contributed by atoms with van der Waals surface area (Å²) in [5, 5.41) is 5.41. The summed E-state index contributed by atoms with van der Waals surface area (Å²) < 4.78 is 1.87. The second kappa shape index (κ2) is 3.09. The highest BCUT2D eigenvalue weighted by Crippen LogP contribution is 2.34. The van der Waals surface area contributed by atoms with Crippen molar-refractivity contribution < 1.29 is 0 Å². The highest BCUT2D eigenvalue weighted by Gasteiger charge is 2.24. The summed E-state index contributed by atoms with van der Waals surface area (Å²) in [6.07, 6.45) is 5.93. The molecule has 0 aliphatic heterocycles. The molecule has 1 heterocycles. The first-order chi connectivity index (χ1) is 5.81. The van der Waals surface area contributed by atoms with Crippen molar-refractivity contribution in [1.82, 2.24) is 14.8 Å². The second-order valence-electron chi connectivity index (χ2n) is 3.21. The number of thioether (sulfide) groups is 1. The quantitative estimate of drug-likeness (QED) is 0.655. The SMILES string of the molecule is CSc1nc(C2CCC2)nn1C. The summed E-state index contributed by atoms with van der Waals surface area (Å²) >= 11 is 1.66. The first kappa shape index (κ1) is 8.10. The van der Waals surface area contributed by atoms with Crippen molar-refractivity contribution in [2.45, 2.75) is 30.3 Å². The van der Waals surface area contributed by atoms with Gasteiger partial charge in [-0.1, -0.05) is 18.2 Å². The number of rotatable bonds is 2. The molecule has 0 radical (unpaired) electrons. The number of aromatic nitrogens is 3. The molecule has 2 rings (SSSR count). The van der Waals surface area contributed by atoms with Crippen LogP contribution in [0.25, 0.3) is 0 Å². The third-order valence-electron chi connectivity index (χ3n) is 2.39. The Kier molecular flexibility index (Phi) is 2.09. The Bertz CT molecular complexity index is 278. The molecule has 4 heteroatoms. The van der Waals surface area contributed by atoms with E-state index in [2.05, 4.69) is 10.1 Å². The standard InChI is InChI=1S/C8H13N3S/c1-11-8(12-2)9-7(10-11)6-4-3-5-6/h6H,3-5H2,1-2H3. The number of aryl methyl sites for hydroxylation is 1. The summed E-state index contributed by atoms with van der Waals surface area (Å²) in [5.74, 6) is 1.70. The number of hydrogen-bond acceptors (Lipinski definition) is 3. The maximum absolute atomic E-state index is 4.47. The Morgan fingerprint density at radius 3 is 2.67 bits per heavy atom. The van der Waals surface area contributed by atoms with Gasteiger partial charge < -0.3 is 0 Å². The Labute approximate surface area is 76.6 Å². The highest BCUT2D eigenvalue weighted by atomic mass is 32.2. The Morgan fingerprint density at radius 1 is 1.50 bits per heavy atom. The van der Waals surface area contributed by atoms with E-state index in [-0.39, 0.29) is 0 Å². The van der Waals surface area contributed by atoms with E-state index in [1.807, 2.05) is 18.0 Å². The molecule has 1 aromatic heterocycles. The van der Waals surface area contributed by atoms with Crippen LogP contribution in [-0.2, 0) is 7.05 Å². The molecule has 1 aromatic rings. The zero-order valence-electron chi connectivity index (χ0n) is 7.45. The number of hydrogen-bond donors (Lipinski definition) is 0. The van der Waals surface area contributed by atoms with Crippen molar-refractivity contribution in [3.05, 3.63) is 5.82 Å². The second-order valence-corrected chi connectivity index (χ2v) is 3.98. The lowest BCUT2D eigenvalue weighted by Gasteiger charge is -2.21. The smallest absolute Gasteiger partial charge is 0.185 e. The summed E-state index contributed by atoms with van der Waals surface area (Å²) in [4.78, 5) is 4.47. The fraction of sp³-hybridized carbons (Fsp3) is 0.750. The van der Waals surface area contributed by atoms with Gasteiger partial charge in [-0.15, -0.1) is 0 Å². The van der Waals surface area contributed by atoms with Gasteiger partial charge in [-0.25, -0.2) is 9.67 Å². The van der Waals surface area contributed by atoms with Gasteiger partial charge in [-0.3, -0.25) is 0 Å². The van der Waals surface area contributed by atoms with E-state index in [0.717, 1.165) is 11.0 Å². The van der Waals surface area contributed by atoms with Crippen LogP contribution in [0.1, 0.15) is 31.0 Å². The molecule has 0 bridgehead atoms. The predicted molar refractivity (Wildman–Crippen MR) is 49.4 cm³/mol. The van der Waals surface area contributed by atoms with Gasteiger partial charge in [0.15, 0.2) is 11.0 Å². The molecule has 1 aliphatic rings. The van der Waals surface area contributed by atoms with Crippen molar-refractivity contribution in [2.75, 3.05) is 6.26 Å². The number of nitrogens with zero attached hydrogens (tertiary/aromatic N) is 3. The maximum Gasteiger partial charge on any atom is 0.185 e. The van der Waals surface area contributed by atoms with Crippen LogP contribution in [0.5, 0.6) is 0 Å². The van der Waals surface area contributed by atoms with Crippen LogP contribution in [0.3, 0.4) is 0 Å². The van der Waals surface area contributed by atoms with Gasteiger partial charge in [0, 0.05) is 13.0 Å². The molecule has 1 fully saturated rings. The van der Waals surface area contributed by atoms with Gasteiger partial charge in [-0.2, -0.15) is 5.10 Å². The molecule has 0 amide bonds. The van der Waals surface area contributed by atoms with Crippen molar-refractivity contribution in [1.29, 1.82) is 0 Å². The lowest BCUT2D eigenvalue weighted by atomic mass is 9.85. The van der Waals surface area contributed by atoms with E-state index in [4.69, 9.17) is 0 Å². The van der Waals surface area contributed by atoms with Crippen LogP contribution in [0.15, 0.2) is 5.16 Å². The van der Waals surface area contributed by atoms with Gasteiger partial charge in [0.2, 0.25) is 0 Å². The molecule has 1 aliphatic carbocycles. The molecule has 0 N–H and O–H groups in total. The van der Waals surface area contributed by atoms with E-state index in [1.165, 1.54) is 19.3 Å². The van der Waals surface area contributed by atoms with Gasteiger partial charge in [0.1, 0.15) is 0 Å². The van der Waals surface area contributed by atoms with Crippen molar-refractivity contribution >= 4 is 11.8 Å². The lowest BCUT2D eigenvalue weighted by Crippen LogP contribution is -2.10. The minimum Gasteiger partial charge on any atom is -0.244 e. The van der Waals surface area contributed by atoms with E-state index in [9.17, 15) is 0 Å². The Hall–Kier alpha value is -0.510. The zero-order valence-corrected chi connectivity index (χ0v) is 8.27.